The number of nitrogens with two attached hydrogens (primary N) is 1. The molecule has 0 saturated heterocycles. The number of aromatic nitrogens is 1. The first-order valence-corrected chi connectivity index (χ1v) is 6.04. The molecule has 0 aliphatic heterocycles. The summed E-state index contributed by atoms with van der Waals surface area (Å²) in [7, 11) is 1.44. The average Bonchev–Trinajstić information content (AvgIpc) is 2.79. The molecule has 0 spiro atoms. The van der Waals surface area contributed by atoms with Gasteiger partial charge in [0.1, 0.15) is 5.01 Å². The van der Waals surface area contributed by atoms with Gasteiger partial charge in [0, 0.05) is 17.0 Å². The molecule has 1 unspecified atom stereocenters. The van der Waals surface area contributed by atoms with Crippen molar-refractivity contribution < 1.29 is 9.13 Å². The Morgan fingerprint density at radius 1 is 1.47 bits per heavy atom. The van der Waals surface area contributed by atoms with Crippen LogP contribution in [0.3, 0.4) is 0 Å². The number of hydrogen-bond acceptors (Lipinski definition) is 4. The fourth-order valence-electron chi connectivity index (χ4n) is 1.42. The van der Waals surface area contributed by atoms with E-state index in [4.69, 9.17) is 10.5 Å². The second-order valence-corrected chi connectivity index (χ2v) is 4.57. The van der Waals surface area contributed by atoms with Gasteiger partial charge in [0.2, 0.25) is 0 Å². The molecule has 0 aliphatic carbocycles. The van der Waals surface area contributed by atoms with E-state index in [1.807, 2.05) is 12.3 Å². The van der Waals surface area contributed by atoms with Gasteiger partial charge in [-0.25, -0.2) is 9.37 Å². The molecule has 1 heterocycles. The Bertz CT molecular complexity index is 525. The molecule has 2 aromatic rings. The normalized spacial score (nSPS) is 12.5. The molecule has 3 nitrogen and oxygen atoms in total. The fraction of sp³-hybridized carbons (Fsp3) is 0.250. The number of rotatable bonds is 3. The van der Waals surface area contributed by atoms with Crippen LogP contribution in [0.4, 0.5) is 4.39 Å². The summed E-state index contributed by atoms with van der Waals surface area (Å²) in [5.41, 5.74) is 7.42. The Kier molecular flexibility index (Phi) is 3.40. The van der Waals surface area contributed by atoms with Crippen molar-refractivity contribution >= 4 is 11.3 Å². The second-order valence-electron chi connectivity index (χ2n) is 3.72. The predicted octanol–water partition coefficient (Wildman–Crippen LogP) is 2.98. The van der Waals surface area contributed by atoms with Crippen molar-refractivity contribution in [1.29, 1.82) is 0 Å². The van der Waals surface area contributed by atoms with Crippen molar-refractivity contribution in [2.45, 2.75) is 13.0 Å². The Morgan fingerprint density at radius 3 is 2.82 bits per heavy atom. The van der Waals surface area contributed by atoms with E-state index in [1.54, 1.807) is 12.1 Å². The van der Waals surface area contributed by atoms with Crippen molar-refractivity contribution in [3.05, 3.63) is 35.1 Å². The maximum Gasteiger partial charge on any atom is 0.165 e. The largest absolute Gasteiger partial charge is 0.494 e. The molecule has 0 amide bonds. The summed E-state index contributed by atoms with van der Waals surface area (Å²) in [6, 6.07) is 4.60. The Balaban J connectivity index is 2.38. The molecule has 5 heteroatoms. The lowest BCUT2D eigenvalue weighted by Crippen LogP contribution is -2.04. The van der Waals surface area contributed by atoms with Gasteiger partial charge in [-0.2, -0.15) is 0 Å². The van der Waals surface area contributed by atoms with E-state index in [9.17, 15) is 4.39 Å². The van der Waals surface area contributed by atoms with Crippen molar-refractivity contribution in [2.24, 2.45) is 5.73 Å². The average molecular weight is 252 g/mol. The van der Waals surface area contributed by atoms with E-state index >= 15 is 0 Å². The molecule has 1 aromatic heterocycles. The van der Waals surface area contributed by atoms with Crippen molar-refractivity contribution in [3.8, 4) is 16.3 Å². The monoisotopic (exact) mass is 252 g/mol. The molecule has 0 fully saturated rings. The number of nitrogens with zero attached hydrogens (tertiary/aromatic N) is 1. The zero-order valence-electron chi connectivity index (χ0n) is 9.61. The minimum absolute atomic E-state index is 0.0951. The van der Waals surface area contributed by atoms with E-state index in [-0.39, 0.29) is 17.6 Å². The predicted molar refractivity (Wildman–Crippen MR) is 66.7 cm³/mol. The SMILES string of the molecule is COc1cc(-c2nc(C(C)N)cs2)ccc1F. The van der Waals surface area contributed by atoms with E-state index in [2.05, 4.69) is 4.98 Å². The summed E-state index contributed by atoms with van der Waals surface area (Å²) in [6.07, 6.45) is 0. The minimum atomic E-state index is -0.375. The smallest absolute Gasteiger partial charge is 0.165 e. The van der Waals surface area contributed by atoms with Gasteiger partial charge in [0.15, 0.2) is 11.6 Å². The highest BCUT2D eigenvalue weighted by molar-refractivity contribution is 7.13. The lowest BCUT2D eigenvalue weighted by Gasteiger charge is -2.03. The standard InChI is InChI=1S/C12H13FN2OS/c1-7(14)10-6-17-12(15-10)8-3-4-9(13)11(5-8)16-2/h3-7H,14H2,1-2H3. The van der Waals surface area contributed by atoms with Crippen molar-refractivity contribution in [2.75, 3.05) is 7.11 Å². The molecular formula is C12H13FN2OS. The third kappa shape index (κ3) is 2.45. The third-order valence-electron chi connectivity index (χ3n) is 2.39. The molecule has 0 radical (unpaired) electrons. The molecule has 0 saturated carbocycles. The number of halogens is 1. The van der Waals surface area contributed by atoms with Gasteiger partial charge in [-0.15, -0.1) is 11.3 Å². The van der Waals surface area contributed by atoms with E-state index < -0.39 is 0 Å². The molecule has 0 aliphatic rings. The highest BCUT2D eigenvalue weighted by Crippen LogP contribution is 2.29. The number of hydrogen-bond donors (Lipinski definition) is 1. The minimum Gasteiger partial charge on any atom is -0.494 e. The maximum absolute atomic E-state index is 13.3. The van der Waals surface area contributed by atoms with Crippen LogP contribution in [0.5, 0.6) is 5.75 Å². The second kappa shape index (κ2) is 4.81. The van der Waals surface area contributed by atoms with Crippen LogP contribution in [0.15, 0.2) is 23.6 Å². The van der Waals surface area contributed by atoms with Crippen LogP contribution < -0.4 is 10.5 Å². The van der Waals surface area contributed by atoms with E-state index in [1.165, 1.54) is 24.5 Å². The number of benzene rings is 1. The molecule has 1 atom stereocenters. The van der Waals surface area contributed by atoms with Gasteiger partial charge < -0.3 is 10.5 Å². The molecule has 90 valence electrons. The number of ether oxygens (including phenoxy) is 1. The third-order valence-corrected chi connectivity index (χ3v) is 3.30. The Labute approximate surface area is 103 Å². The van der Waals surface area contributed by atoms with Crippen LogP contribution >= 0.6 is 11.3 Å². The molecule has 1 aromatic carbocycles. The highest BCUT2D eigenvalue weighted by atomic mass is 32.1. The summed E-state index contributed by atoms with van der Waals surface area (Å²) in [4.78, 5) is 4.40. The Morgan fingerprint density at radius 2 is 2.24 bits per heavy atom. The summed E-state index contributed by atoms with van der Waals surface area (Å²) in [6.45, 7) is 1.88. The van der Waals surface area contributed by atoms with Crippen LogP contribution in [0.25, 0.3) is 10.6 Å². The van der Waals surface area contributed by atoms with E-state index in [0.717, 1.165) is 16.3 Å². The van der Waals surface area contributed by atoms with Crippen LogP contribution in [0.1, 0.15) is 18.7 Å². The lowest BCUT2D eigenvalue weighted by molar-refractivity contribution is 0.387. The quantitative estimate of drug-likeness (QED) is 0.913. The van der Waals surface area contributed by atoms with Crippen LogP contribution in [-0.2, 0) is 0 Å². The molecule has 2 N–H and O–H groups in total. The molecular weight excluding hydrogens is 239 g/mol. The number of methoxy groups -OCH3 is 1. The first kappa shape index (κ1) is 12.0. The van der Waals surface area contributed by atoms with Gasteiger partial charge in [-0.3, -0.25) is 0 Å². The summed E-state index contributed by atoms with van der Waals surface area (Å²) < 4.78 is 18.2. The summed E-state index contributed by atoms with van der Waals surface area (Å²) >= 11 is 1.49. The summed E-state index contributed by atoms with van der Waals surface area (Å²) in [5.74, 6) is -0.153. The van der Waals surface area contributed by atoms with Crippen LogP contribution in [-0.4, -0.2) is 12.1 Å². The molecule has 0 bridgehead atoms. The molecule has 17 heavy (non-hydrogen) atoms. The van der Waals surface area contributed by atoms with Crippen molar-refractivity contribution in [3.63, 3.8) is 0 Å². The van der Waals surface area contributed by atoms with Gasteiger partial charge in [0.05, 0.1) is 12.8 Å². The Hall–Kier alpha value is -1.46. The van der Waals surface area contributed by atoms with E-state index in [0.29, 0.717) is 0 Å². The maximum atomic E-state index is 13.3. The zero-order chi connectivity index (χ0) is 12.4. The summed E-state index contributed by atoms with van der Waals surface area (Å²) in [5, 5.41) is 2.73. The van der Waals surface area contributed by atoms with Crippen LogP contribution in [0.2, 0.25) is 0 Å². The first-order chi connectivity index (χ1) is 8.11. The van der Waals surface area contributed by atoms with Crippen molar-refractivity contribution in [1.82, 2.24) is 4.98 Å². The zero-order valence-corrected chi connectivity index (χ0v) is 10.4. The fourth-order valence-corrected chi connectivity index (χ4v) is 2.34. The van der Waals surface area contributed by atoms with Gasteiger partial charge >= 0.3 is 0 Å². The lowest BCUT2D eigenvalue weighted by atomic mass is 10.2. The topological polar surface area (TPSA) is 48.1 Å². The van der Waals surface area contributed by atoms with Gasteiger partial charge in [-0.1, -0.05) is 0 Å². The van der Waals surface area contributed by atoms with Gasteiger partial charge in [-0.05, 0) is 25.1 Å². The number of thiazole rings is 1. The van der Waals surface area contributed by atoms with Crippen LogP contribution in [0, 0.1) is 5.82 Å². The molecule has 2 rings (SSSR count). The first-order valence-electron chi connectivity index (χ1n) is 5.16. The van der Waals surface area contributed by atoms with Gasteiger partial charge in [0.25, 0.3) is 0 Å². The highest BCUT2D eigenvalue weighted by Gasteiger charge is 2.10.